The van der Waals surface area contributed by atoms with E-state index in [1.165, 1.54) is 28.9 Å². The smallest absolute Gasteiger partial charge is 0.335 e. The molecule has 0 aromatic heterocycles. The number of carbonyl (C=O) groups excluding carboxylic acids is 1. The van der Waals surface area contributed by atoms with Gasteiger partial charge < -0.3 is 14.7 Å². The summed E-state index contributed by atoms with van der Waals surface area (Å²) in [7, 11) is 0. The van der Waals surface area contributed by atoms with Crippen molar-refractivity contribution >= 4 is 17.6 Å². The Morgan fingerprint density at radius 1 is 1.07 bits per heavy atom. The van der Waals surface area contributed by atoms with Crippen LogP contribution in [0.25, 0.3) is 0 Å². The monoisotopic (exact) mass is 397 g/mol. The van der Waals surface area contributed by atoms with Gasteiger partial charge in [-0.05, 0) is 71.6 Å². The second-order valence-corrected chi connectivity index (χ2v) is 7.74. The molecule has 0 spiro atoms. The second-order valence-electron chi connectivity index (χ2n) is 7.74. The number of nitrogens with zero attached hydrogens (tertiary/aromatic N) is 1. The molecule has 1 aliphatic rings. The molecule has 0 saturated heterocycles. The molecule has 5 heteroatoms. The molecule has 0 aliphatic carbocycles. The summed E-state index contributed by atoms with van der Waals surface area (Å²) >= 11 is 0. The van der Waals surface area contributed by atoms with Crippen molar-refractivity contribution in [2.75, 3.05) is 18.1 Å². The van der Waals surface area contributed by atoms with E-state index >= 15 is 0 Å². The molecule has 1 aromatic carbocycles. The van der Waals surface area contributed by atoms with Crippen molar-refractivity contribution in [3.05, 3.63) is 58.7 Å². The van der Waals surface area contributed by atoms with Crippen LogP contribution >= 0.6 is 0 Å². The molecule has 0 bridgehead atoms. The third-order valence-electron chi connectivity index (χ3n) is 4.89. The summed E-state index contributed by atoms with van der Waals surface area (Å²) < 4.78 is 5.43. The standard InChI is InChI=1S/C24H31NO4/c1-17(2)7-5-8-18(3)9-6-10-19(4)13-14-25-21-15-20(24(27)28)11-12-22(21)29-16-23(25)26/h7,9,11-13,15H,5-6,8,10,14,16H2,1-4H3,(H,27,28)/b18-9+,19-13+. The summed E-state index contributed by atoms with van der Waals surface area (Å²) in [5.41, 5.74) is 4.61. The number of hydrogen-bond donors (Lipinski definition) is 1. The van der Waals surface area contributed by atoms with Crippen LogP contribution in [0.3, 0.4) is 0 Å². The first-order valence-corrected chi connectivity index (χ1v) is 10.0. The van der Waals surface area contributed by atoms with E-state index in [-0.39, 0.29) is 18.1 Å². The van der Waals surface area contributed by atoms with Crippen molar-refractivity contribution in [2.45, 2.75) is 53.4 Å². The third-order valence-corrected chi connectivity index (χ3v) is 4.89. The van der Waals surface area contributed by atoms with E-state index in [0.29, 0.717) is 18.0 Å². The maximum atomic E-state index is 12.3. The minimum atomic E-state index is -1.02. The minimum Gasteiger partial charge on any atom is -0.482 e. The number of amides is 1. The Bertz CT molecular complexity index is 844. The fourth-order valence-corrected chi connectivity index (χ4v) is 3.12. The first kappa shape index (κ1) is 22.5. The molecule has 29 heavy (non-hydrogen) atoms. The van der Waals surface area contributed by atoms with Crippen LogP contribution in [0.4, 0.5) is 5.69 Å². The lowest BCUT2D eigenvalue weighted by Gasteiger charge is -2.29. The predicted octanol–water partition coefficient (Wildman–Crippen LogP) is 5.53. The molecule has 1 aromatic rings. The highest BCUT2D eigenvalue weighted by Crippen LogP contribution is 2.33. The predicted molar refractivity (Wildman–Crippen MR) is 117 cm³/mol. The van der Waals surface area contributed by atoms with Crippen molar-refractivity contribution in [3.8, 4) is 5.75 Å². The average Bonchev–Trinajstić information content (AvgIpc) is 2.66. The minimum absolute atomic E-state index is 0.0279. The lowest BCUT2D eigenvalue weighted by Crippen LogP contribution is -2.39. The zero-order chi connectivity index (χ0) is 21.4. The number of ether oxygens (including phenoxy) is 1. The molecular formula is C24H31NO4. The summed E-state index contributed by atoms with van der Waals surface area (Å²) in [6.07, 6.45) is 10.6. The SMILES string of the molecule is CC(C)=CCC/C(C)=C/CC/C(C)=C/CN1C(=O)COc2ccc(C(=O)O)cc21. The lowest BCUT2D eigenvalue weighted by atomic mass is 10.1. The highest BCUT2D eigenvalue weighted by atomic mass is 16.5. The van der Waals surface area contributed by atoms with Crippen molar-refractivity contribution < 1.29 is 19.4 Å². The van der Waals surface area contributed by atoms with Crippen LogP contribution in [0, 0.1) is 0 Å². The molecule has 1 aliphatic heterocycles. The Morgan fingerprint density at radius 3 is 2.38 bits per heavy atom. The number of rotatable bonds is 9. The number of hydrogen-bond acceptors (Lipinski definition) is 3. The van der Waals surface area contributed by atoms with Crippen LogP contribution in [-0.4, -0.2) is 30.1 Å². The number of anilines is 1. The van der Waals surface area contributed by atoms with Gasteiger partial charge in [0.15, 0.2) is 6.61 Å². The van der Waals surface area contributed by atoms with Crippen molar-refractivity contribution in [3.63, 3.8) is 0 Å². The molecule has 0 unspecified atom stereocenters. The van der Waals surface area contributed by atoms with Crippen LogP contribution in [0.2, 0.25) is 0 Å². The average molecular weight is 398 g/mol. The molecule has 0 fully saturated rings. The first-order chi connectivity index (χ1) is 13.8. The zero-order valence-corrected chi connectivity index (χ0v) is 17.8. The molecule has 0 radical (unpaired) electrons. The van der Waals surface area contributed by atoms with E-state index < -0.39 is 5.97 Å². The molecule has 1 N–H and O–H groups in total. The summed E-state index contributed by atoms with van der Waals surface area (Å²) in [5.74, 6) is -0.654. The molecular weight excluding hydrogens is 366 g/mol. The zero-order valence-electron chi connectivity index (χ0n) is 17.8. The number of carboxylic acid groups (broad SMARTS) is 1. The van der Waals surface area contributed by atoms with Gasteiger partial charge in [0.25, 0.3) is 5.91 Å². The van der Waals surface area contributed by atoms with Crippen LogP contribution in [0.1, 0.15) is 63.7 Å². The molecule has 5 nitrogen and oxygen atoms in total. The number of allylic oxidation sites excluding steroid dienone is 5. The quantitative estimate of drug-likeness (QED) is 0.556. The van der Waals surface area contributed by atoms with Gasteiger partial charge in [0.05, 0.1) is 11.3 Å². The summed E-state index contributed by atoms with van der Waals surface area (Å²) in [5, 5.41) is 9.21. The van der Waals surface area contributed by atoms with Gasteiger partial charge >= 0.3 is 5.97 Å². The number of carbonyl (C=O) groups is 2. The summed E-state index contributed by atoms with van der Waals surface area (Å²) in [6, 6.07) is 4.59. The van der Waals surface area contributed by atoms with Crippen molar-refractivity contribution in [1.29, 1.82) is 0 Å². The van der Waals surface area contributed by atoms with E-state index in [4.69, 9.17) is 4.74 Å². The topological polar surface area (TPSA) is 66.8 Å². The Balaban J connectivity index is 1.96. The normalized spacial score (nSPS) is 14.3. The number of carboxylic acids is 1. The molecule has 2 rings (SSSR count). The van der Waals surface area contributed by atoms with E-state index in [2.05, 4.69) is 39.8 Å². The van der Waals surface area contributed by atoms with Gasteiger partial charge in [0, 0.05) is 6.54 Å². The number of aromatic carboxylic acids is 1. The first-order valence-electron chi connectivity index (χ1n) is 10.0. The van der Waals surface area contributed by atoms with Crippen molar-refractivity contribution in [2.24, 2.45) is 0 Å². The fraction of sp³-hybridized carbons (Fsp3) is 0.417. The Morgan fingerprint density at radius 2 is 1.72 bits per heavy atom. The molecule has 0 saturated carbocycles. The Kier molecular flexibility index (Phi) is 8.25. The van der Waals surface area contributed by atoms with Gasteiger partial charge in [0.1, 0.15) is 5.75 Å². The van der Waals surface area contributed by atoms with Crippen LogP contribution < -0.4 is 9.64 Å². The summed E-state index contributed by atoms with van der Waals surface area (Å²) in [4.78, 5) is 25.2. The Hall–Kier alpha value is -2.82. The summed E-state index contributed by atoms with van der Waals surface area (Å²) in [6.45, 7) is 8.85. The third kappa shape index (κ3) is 6.93. The van der Waals surface area contributed by atoms with Crippen LogP contribution in [0.5, 0.6) is 5.75 Å². The van der Waals surface area contributed by atoms with Crippen LogP contribution in [0.15, 0.2) is 53.1 Å². The van der Waals surface area contributed by atoms with E-state index in [0.717, 1.165) is 25.7 Å². The largest absolute Gasteiger partial charge is 0.482 e. The molecule has 0 atom stereocenters. The van der Waals surface area contributed by atoms with E-state index in [1.807, 2.05) is 6.08 Å². The van der Waals surface area contributed by atoms with Gasteiger partial charge in [-0.3, -0.25) is 4.79 Å². The Labute approximate surface area is 173 Å². The molecule has 1 heterocycles. The van der Waals surface area contributed by atoms with Gasteiger partial charge in [-0.25, -0.2) is 4.79 Å². The van der Waals surface area contributed by atoms with Gasteiger partial charge in [-0.15, -0.1) is 0 Å². The number of benzene rings is 1. The van der Waals surface area contributed by atoms with Gasteiger partial charge in [-0.1, -0.05) is 34.9 Å². The molecule has 1 amide bonds. The van der Waals surface area contributed by atoms with E-state index in [1.54, 1.807) is 11.0 Å². The fourth-order valence-electron chi connectivity index (χ4n) is 3.12. The van der Waals surface area contributed by atoms with Crippen LogP contribution in [-0.2, 0) is 4.79 Å². The van der Waals surface area contributed by atoms with Gasteiger partial charge in [-0.2, -0.15) is 0 Å². The van der Waals surface area contributed by atoms with Gasteiger partial charge in [0.2, 0.25) is 0 Å². The molecule has 156 valence electrons. The number of fused-ring (bicyclic) bond motifs is 1. The van der Waals surface area contributed by atoms with E-state index in [9.17, 15) is 14.7 Å². The maximum absolute atomic E-state index is 12.3. The second kappa shape index (κ2) is 10.6. The lowest BCUT2D eigenvalue weighted by molar-refractivity contribution is -0.121. The highest BCUT2D eigenvalue weighted by molar-refractivity contribution is 6.00. The maximum Gasteiger partial charge on any atom is 0.335 e. The van der Waals surface area contributed by atoms with Crippen molar-refractivity contribution in [1.82, 2.24) is 0 Å². The highest BCUT2D eigenvalue weighted by Gasteiger charge is 2.25.